The monoisotopic (exact) mass is 291 g/mol. The minimum absolute atomic E-state index is 0.216. The minimum atomic E-state index is -0.239. The summed E-state index contributed by atoms with van der Waals surface area (Å²) in [6.07, 6.45) is 4.38. The predicted molar refractivity (Wildman–Crippen MR) is 76.7 cm³/mol. The predicted octanol–water partition coefficient (Wildman–Crippen LogP) is 1.73. The van der Waals surface area contributed by atoms with E-state index in [9.17, 15) is 4.79 Å². The summed E-state index contributed by atoms with van der Waals surface area (Å²) in [4.78, 5) is 12.0. The van der Waals surface area contributed by atoms with Crippen molar-refractivity contribution in [3.05, 3.63) is 11.3 Å². The van der Waals surface area contributed by atoms with Crippen molar-refractivity contribution in [2.24, 2.45) is 0 Å². The van der Waals surface area contributed by atoms with Crippen LogP contribution in [0.3, 0.4) is 0 Å². The van der Waals surface area contributed by atoms with E-state index in [-0.39, 0.29) is 12.1 Å². The van der Waals surface area contributed by atoms with Crippen LogP contribution in [0.5, 0.6) is 0 Å². The van der Waals surface area contributed by atoms with E-state index in [2.05, 4.69) is 26.4 Å². The first kappa shape index (κ1) is 13.3. The summed E-state index contributed by atoms with van der Waals surface area (Å²) in [6.45, 7) is 1.77. The largest absolute Gasteiger partial charge is 0.335 e. The zero-order chi connectivity index (χ0) is 14.1. The number of carbonyl (C=O) groups is 1. The second-order valence-electron chi connectivity index (χ2n) is 5.49. The number of carbonyl (C=O) groups excluding carboxylic acids is 1. The number of piperidine rings is 1. The lowest BCUT2D eigenvalue weighted by atomic mass is 10.0. The molecule has 7 heteroatoms. The molecule has 0 spiro atoms. The molecule has 0 saturated carbocycles. The van der Waals surface area contributed by atoms with Gasteiger partial charge in [-0.1, -0.05) is 0 Å². The third kappa shape index (κ3) is 2.62. The zero-order valence-electron chi connectivity index (χ0n) is 11.3. The van der Waals surface area contributed by atoms with Crippen LogP contribution in [-0.4, -0.2) is 28.5 Å². The van der Waals surface area contributed by atoms with Crippen molar-refractivity contribution in [3.63, 3.8) is 0 Å². The van der Waals surface area contributed by atoms with Crippen LogP contribution in [0.2, 0.25) is 0 Å². The molecule has 0 radical (unpaired) electrons. The number of nitrogens with zero attached hydrogens (tertiary/aromatic N) is 2. The van der Waals surface area contributed by atoms with Gasteiger partial charge in [0.05, 0.1) is 5.69 Å². The van der Waals surface area contributed by atoms with Crippen LogP contribution in [0, 0.1) is 18.3 Å². The van der Waals surface area contributed by atoms with E-state index < -0.39 is 0 Å². The fourth-order valence-electron chi connectivity index (χ4n) is 3.09. The lowest BCUT2D eigenvalue weighted by Crippen LogP contribution is -2.49. The van der Waals surface area contributed by atoms with E-state index in [4.69, 9.17) is 5.26 Å². The van der Waals surface area contributed by atoms with Crippen molar-refractivity contribution < 1.29 is 4.79 Å². The molecule has 2 bridgehead atoms. The topological polar surface area (TPSA) is 89.8 Å². The number of aryl methyl sites for hydroxylation is 1. The van der Waals surface area contributed by atoms with Crippen molar-refractivity contribution in [1.82, 2.24) is 15.0 Å². The first-order valence-electron chi connectivity index (χ1n) is 6.85. The van der Waals surface area contributed by atoms with Gasteiger partial charge in [-0.2, -0.15) is 9.64 Å². The Morgan fingerprint density at radius 2 is 2.15 bits per heavy atom. The molecule has 2 amide bonds. The Hall–Kier alpha value is -1.65. The summed E-state index contributed by atoms with van der Waals surface area (Å²) in [5.41, 5.74) is 1.11. The van der Waals surface area contributed by atoms with Crippen molar-refractivity contribution in [1.29, 1.82) is 5.26 Å². The van der Waals surface area contributed by atoms with E-state index in [0.29, 0.717) is 28.3 Å². The Morgan fingerprint density at radius 1 is 1.45 bits per heavy atom. The quantitative estimate of drug-likeness (QED) is 0.774. The Morgan fingerprint density at radius 3 is 2.80 bits per heavy atom. The highest BCUT2D eigenvalue weighted by atomic mass is 32.1. The normalized spacial score (nSPS) is 27.9. The summed E-state index contributed by atoms with van der Waals surface area (Å²) < 4.78 is 4.09. The van der Waals surface area contributed by atoms with Gasteiger partial charge >= 0.3 is 6.03 Å². The summed E-state index contributed by atoms with van der Waals surface area (Å²) in [7, 11) is 0. The van der Waals surface area contributed by atoms with Gasteiger partial charge < -0.3 is 10.6 Å². The number of fused-ring (bicyclic) bond motifs is 2. The minimum Gasteiger partial charge on any atom is -0.335 e. The zero-order valence-corrected chi connectivity index (χ0v) is 12.1. The molecule has 2 atom stereocenters. The van der Waals surface area contributed by atoms with Crippen LogP contribution in [0.25, 0.3) is 0 Å². The first-order chi connectivity index (χ1) is 9.65. The van der Waals surface area contributed by atoms with Gasteiger partial charge in [-0.3, -0.25) is 5.32 Å². The molecule has 1 aromatic heterocycles. The fourth-order valence-corrected chi connectivity index (χ4v) is 3.83. The van der Waals surface area contributed by atoms with Gasteiger partial charge in [-0.15, -0.1) is 0 Å². The molecule has 2 unspecified atom stereocenters. The Bertz CT molecular complexity index is 552. The van der Waals surface area contributed by atoms with Crippen LogP contribution in [0.15, 0.2) is 0 Å². The lowest BCUT2D eigenvalue weighted by molar-refractivity contribution is 0.240. The van der Waals surface area contributed by atoms with Gasteiger partial charge in [-0.25, -0.2) is 4.79 Å². The van der Waals surface area contributed by atoms with Gasteiger partial charge in [0.15, 0.2) is 0 Å². The maximum Gasteiger partial charge on any atom is 0.320 e. The second-order valence-corrected chi connectivity index (χ2v) is 6.26. The molecule has 0 aliphatic carbocycles. The molecular formula is C13H17N5OS. The molecule has 0 aromatic carbocycles. The average molecular weight is 291 g/mol. The molecule has 6 nitrogen and oxygen atoms in total. The smallest absolute Gasteiger partial charge is 0.320 e. The molecule has 2 aliphatic heterocycles. The molecule has 2 saturated heterocycles. The summed E-state index contributed by atoms with van der Waals surface area (Å²) in [5, 5.41) is 18.9. The lowest BCUT2D eigenvalue weighted by Gasteiger charge is -2.29. The van der Waals surface area contributed by atoms with Crippen molar-refractivity contribution in [2.75, 3.05) is 5.32 Å². The number of nitriles is 1. The van der Waals surface area contributed by atoms with Gasteiger partial charge in [0.2, 0.25) is 0 Å². The fraction of sp³-hybridized carbons (Fsp3) is 0.615. The van der Waals surface area contributed by atoms with Gasteiger partial charge in [0, 0.05) is 18.1 Å². The van der Waals surface area contributed by atoms with E-state index >= 15 is 0 Å². The average Bonchev–Trinajstić information content (AvgIpc) is 2.92. The third-order valence-corrected chi connectivity index (χ3v) is 4.86. The first-order valence-corrected chi connectivity index (χ1v) is 7.63. The third-order valence-electron chi connectivity index (χ3n) is 4.01. The highest BCUT2D eigenvalue weighted by Gasteiger charge is 2.34. The summed E-state index contributed by atoms with van der Waals surface area (Å²) >= 11 is 1.15. The highest BCUT2D eigenvalue weighted by Crippen LogP contribution is 2.27. The molecule has 106 valence electrons. The summed E-state index contributed by atoms with van der Waals surface area (Å²) in [6, 6.07) is 3.13. The van der Waals surface area contributed by atoms with Crippen molar-refractivity contribution >= 4 is 22.6 Å². The van der Waals surface area contributed by atoms with Crippen LogP contribution in [0.1, 0.15) is 36.9 Å². The number of anilines is 1. The maximum atomic E-state index is 12.0. The Labute approximate surface area is 121 Å². The van der Waals surface area contributed by atoms with E-state index in [1.165, 1.54) is 12.8 Å². The van der Waals surface area contributed by atoms with E-state index in [0.717, 1.165) is 24.4 Å². The van der Waals surface area contributed by atoms with Gasteiger partial charge in [-0.05, 0) is 44.1 Å². The van der Waals surface area contributed by atoms with Crippen LogP contribution >= 0.6 is 11.5 Å². The van der Waals surface area contributed by atoms with Crippen molar-refractivity contribution in [2.45, 2.75) is 50.7 Å². The molecule has 3 heterocycles. The Balaban J connectivity index is 1.59. The Kier molecular flexibility index (Phi) is 3.59. The second kappa shape index (κ2) is 5.38. The molecule has 3 rings (SSSR count). The highest BCUT2D eigenvalue weighted by molar-refractivity contribution is 7.10. The SMILES string of the molecule is Cc1nsc(NC(=O)NC2CC3CCC(C2)N3)c1C#N. The van der Waals surface area contributed by atoms with Crippen LogP contribution in [-0.2, 0) is 0 Å². The molecule has 3 N–H and O–H groups in total. The number of hydrogen-bond donors (Lipinski definition) is 3. The number of nitrogens with one attached hydrogen (secondary N) is 3. The number of rotatable bonds is 2. The van der Waals surface area contributed by atoms with E-state index in [1.807, 2.05) is 0 Å². The molecule has 1 aromatic rings. The maximum absolute atomic E-state index is 12.0. The standard InChI is InChI=1S/C13H17N5OS/c1-7-11(6-14)12(20-18-7)17-13(19)16-10-4-8-2-3-9(5-10)15-8/h8-10,15H,2-5H2,1H3,(H2,16,17,19). The van der Waals surface area contributed by atoms with Crippen LogP contribution < -0.4 is 16.0 Å². The number of aromatic nitrogens is 1. The van der Waals surface area contributed by atoms with E-state index in [1.54, 1.807) is 6.92 Å². The molecule has 2 fully saturated rings. The molecule has 20 heavy (non-hydrogen) atoms. The molecular weight excluding hydrogens is 274 g/mol. The number of hydrogen-bond acceptors (Lipinski definition) is 5. The van der Waals surface area contributed by atoms with Crippen LogP contribution in [0.4, 0.5) is 9.80 Å². The summed E-state index contributed by atoms with van der Waals surface area (Å²) in [5.74, 6) is 0. The number of amides is 2. The van der Waals surface area contributed by atoms with Gasteiger partial charge in [0.25, 0.3) is 0 Å². The van der Waals surface area contributed by atoms with Crippen molar-refractivity contribution in [3.8, 4) is 6.07 Å². The molecule has 2 aliphatic rings. The number of urea groups is 1. The van der Waals surface area contributed by atoms with Gasteiger partial charge in [0.1, 0.15) is 16.6 Å².